The van der Waals surface area contributed by atoms with Gasteiger partial charge in [0.1, 0.15) is 0 Å². The summed E-state index contributed by atoms with van der Waals surface area (Å²) in [5, 5.41) is 6.83. The van der Waals surface area contributed by atoms with Crippen LogP contribution >= 0.6 is 0 Å². The summed E-state index contributed by atoms with van der Waals surface area (Å²) in [6, 6.07) is 0.615. The van der Waals surface area contributed by atoms with E-state index in [0.717, 1.165) is 5.92 Å². The average molecular weight is 305 g/mol. The molecule has 5 heteroatoms. The van der Waals surface area contributed by atoms with Gasteiger partial charge in [-0.05, 0) is 64.1 Å². The van der Waals surface area contributed by atoms with E-state index in [1.54, 1.807) is 0 Å². The van der Waals surface area contributed by atoms with Crippen molar-refractivity contribution in [3.05, 3.63) is 18.0 Å². The molecule has 2 aliphatic heterocycles. The predicted molar refractivity (Wildman–Crippen MR) is 89.6 cm³/mol. The molecule has 3 rings (SSSR count). The first kappa shape index (κ1) is 16.0. The van der Waals surface area contributed by atoms with E-state index < -0.39 is 0 Å². The second-order valence-electron chi connectivity index (χ2n) is 7.01. The van der Waals surface area contributed by atoms with Crippen LogP contribution in [-0.4, -0.2) is 59.5 Å². The number of aryl methyl sites for hydroxylation is 1. The molecule has 1 aromatic rings. The van der Waals surface area contributed by atoms with E-state index in [4.69, 9.17) is 0 Å². The first-order valence-corrected chi connectivity index (χ1v) is 8.90. The highest BCUT2D eigenvalue weighted by Crippen LogP contribution is 2.24. The lowest BCUT2D eigenvalue weighted by atomic mass is 9.93. The maximum Gasteiger partial charge on any atom is 0.0543 e. The molecule has 0 radical (unpaired) electrons. The monoisotopic (exact) mass is 305 g/mol. The molecule has 0 bridgehead atoms. The predicted octanol–water partition coefficient (Wildman–Crippen LogP) is 2.06. The summed E-state index contributed by atoms with van der Waals surface area (Å²) in [6.07, 6.45) is 10.7. The van der Waals surface area contributed by atoms with Crippen LogP contribution in [0.25, 0.3) is 0 Å². The number of hydrogen-bond acceptors (Lipinski definition) is 4. The van der Waals surface area contributed by atoms with Gasteiger partial charge in [0.2, 0.25) is 0 Å². The van der Waals surface area contributed by atoms with Gasteiger partial charge in [-0.15, -0.1) is 0 Å². The number of rotatable bonds is 5. The van der Waals surface area contributed by atoms with Crippen molar-refractivity contribution in [1.82, 2.24) is 25.1 Å². The Morgan fingerprint density at radius 1 is 1.14 bits per heavy atom. The van der Waals surface area contributed by atoms with Crippen molar-refractivity contribution in [2.75, 3.05) is 39.8 Å². The Morgan fingerprint density at radius 2 is 1.86 bits per heavy atom. The maximum atomic E-state index is 4.49. The molecule has 2 fully saturated rings. The molecule has 0 saturated carbocycles. The summed E-state index contributed by atoms with van der Waals surface area (Å²) in [6.45, 7) is 8.30. The largest absolute Gasteiger partial charge is 0.303 e. The Morgan fingerprint density at radius 3 is 2.45 bits per heavy atom. The van der Waals surface area contributed by atoms with Crippen LogP contribution in [0.4, 0.5) is 0 Å². The fourth-order valence-corrected chi connectivity index (χ4v) is 3.85. The molecule has 0 spiro atoms. The summed E-state index contributed by atoms with van der Waals surface area (Å²) >= 11 is 0. The molecular formula is C17H31N5. The van der Waals surface area contributed by atoms with Crippen molar-refractivity contribution in [2.24, 2.45) is 5.92 Å². The molecular weight excluding hydrogens is 274 g/mol. The minimum Gasteiger partial charge on any atom is -0.303 e. The second-order valence-corrected chi connectivity index (χ2v) is 7.01. The van der Waals surface area contributed by atoms with E-state index in [9.17, 15) is 0 Å². The first-order chi connectivity index (χ1) is 10.7. The standard InChI is InChI=1S/C17H31N5/c1-15-13-19-22(14-15)17-6-9-20(10-7-17)8-3-16-4-11-21(18-2)12-5-16/h13-14,16-18H,3-12H2,1-2H3. The van der Waals surface area contributed by atoms with Gasteiger partial charge in [0.05, 0.1) is 12.2 Å². The Hall–Kier alpha value is -0.910. The summed E-state index contributed by atoms with van der Waals surface area (Å²) < 4.78 is 2.18. The van der Waals surface area contributed by atoms with Crippen LogP contribution in [0.2, 0.25) is 0 Å². The number of hydrogen-bond donors (Lipinski definition) is 1. The minimum atomic E-state index is 0.615. The minimum absolute atomic E-state index is 0.615. The number of likely N-dealkylation sites (tertiary alicyclic amines) is 1. The number of nitrogens with zero attached hydrogens (tertiary/aromatic N) is 4. The smallest absolute Gasteiger partial charge is 0.0543 e. The topological polar surface area (TPSA) is 36.3 Å². The summed E-state index contributed by atoms with van der Waals surface area (Å²) in [7, 11) is 2.03. The van der Waals surface area contributed by atoms with E-state index in [0.29, 0.717) is 6.04 Å². The zero-order chi connectivity index (χ0) is 15.4. The van der Waals surface area contributed by atoms with Gasteiger partial charge in [0.25, 0.3) is 0 Å². The van der Waals surface area contributed by atoms with E-state index in [1.807, 2.05) is 13.2 Å². The number of hydrazine groups is 1. The van der Waals surface area contributed by atoms with E-state index >= 15 is 0 Å². The van der Waals surface area contributed by atoms with Crippen molar-refractivity contribution < 1.29 is 0 Å². The Balaban J connectivity index is 1.36. The lowest BCUT2D eigenvalue weighted by Crippen LogP contribution is -2.42. The highest BCUT2D eigenvalue weighted by molar-refractivity contribution is 5.00. The first-order valence-electron chi connectivity index (χ1n) is 8.90. The molecule has 2 aliphatic rings. The molecule has 3 heterocycles. The summed E-state index contributed by atoms with van der Waals surface area (Å²) in [5.41, 5.74) is 4.54. The molecule has 1 aromatic heterocycles. The van der Waals surface area contributed by atoms with Gasteiger partial charge in [-0.25, -0.2) is 5.01 Å². The quantitative estimate of drug-likeness (QED) is 0.903. The molecule has 22 heavy (non-hydrogen) atoms. The fourth-order valence-electron chi connectivity index (χ4n) is 3.85. The molecule has 0 amide bonds. The zero-order valence-electron chi connectivity index (χ0n) is 14.2. The van der Waals surface area contributed by atoms with Crippen LogP contribution in [-0.2, 0) is 0 Å². The van der Waals surface area contributed by atoms with Gasteiger partial charge in [-0.3, -0.25) is 10.1 Å². The number of aromatic nitrogens is 2. The average Bonchev–Trinajstić information content (AvgIpc) is 3.00. The molecule has 124 valence electrons. The van der Waals surface area contributed by atoms with Crippen molar-refractivity contribution in [2.45, 2.75) is 45.1 Å². The molecule has 0 unspecified atom stereocenters. The highest BCUT2D eigenvalue weighted by atomic mass is 15.5. The van der Waals surface area contributed by atoms with Gasteiger partial charge in [0, 0.05) is 32.4 Å². The summed E-state index contributed by atoms with van der Waals surface area (Å²) in [4.78, 5) is 2.66. The Kier molecular flexibility index (Phi) is 5.50. The molecule has 5 nitrogen and oxygen atoms in total. The third kappa shape index (κ3) is 4.09. The van der Waals surface area contributed by atoms with E-state index in [1.165, 1.54) is 70.4 Å². The molecule has 0 aromatic carbocycles. The van der Waals surface area contributed by atoms with E-state index in [2.05, 4.69) is 38.2 Å². The Labute approximate surface area is 134 Å². The lowest BCUT2D eigenvalue weighted by molar-refractivity contribution is 0.118. The van der Waals surface area contributed by atoms with Crippen LogP contribution in [0.3, 0.4) is 0 Å². The second kappa shape index (κ2) is 7.57. The van der Waals surface area contributed by atoms with Gasteiger partial charge in [0.15, 0.2) is 0 Å². The van der Waals surface area contributed by atoms with Crippen molar-refractivity contribution in [1.29, 1.82) is 0 Å². The zero-order valence-corrected chi connectivity index (χ0v) is 14.2. The van der Waals surface area contributed by atoms with Gasteiger partial charge >= 0.3 is 0 Å². The van der Waals surface area contributed by atoms with Crippen LogP contribution in [0.5, 0.6) is 0 Å². The normalized spacial score (nSPS) is 23.2. The van der Waals surface area contributed by atoms with Gasteiger partial charge in [-0.1, -0.05) is 0 Å². The summed E-state index contributed by atoms with van der Waals surface area (Å²) in [5.74, 6) is 0.927. The van der Waals surface area contributed by atoms with Crippen molar-refractivity contribution in [3.8, 4) is 0 Å². The molecule has 0 atom stereocenters. The molecule has 0 aliphatic carbocycles. The SMILES string of the molecule is CNN1CCC(CCN2CCC(n3cc(C)cn3)CC2)CC1. The number of piperidine rings is 2. The van der Waals surface area contributed by atoms with Crippen LogP contribution in [0.15, 0.2) is 12.4 Å². The lowest BCUT2D eigenvalue weighted by Gasteiger charge is -2.35. The Bertz CT molecular complexity index is 442. The van der Waals surface area contributed by atoms with Crippen LogP contribution < -0.4 is 5.43 Å². The van der Waals surface area contributed by atoms with E-state index in [-0.39, 0.29) is 0 Å². The van der Waals surface area contributed by atoms with Gasteiger partial charge < -0.3 is 4.90 Å². The fraction of sp³-hybridized carbons (Fsp3) is 0.824. The van der Waals surface area contributed by atoms with Crippen molar-refractivity contribution >= 4 is 0 Å². The van der Waals surface area contributed by atoms with Gasteiger partial charge in [-0.2, -0.15) is 5.10 Å². The maximum absolute atomic E-state index is 4.49. The molecule has 1 N–H and O–H groups in total. The third-order valence-corrected chi connectivity index (χ3v) is 5.45. The molecule has 2 saturated heterocycles. The van der Waals surface area contributed by atoms with Crippen molar-refractivity contribution in [3.63, 3.8) is 0 Å². The van der Waals surface area contributed by atoms with Crippen LogP contribution in [0.1, 0.15) is 43.7 Å². The van der Waals surface area contributed by atoms with Crippen LogP contribution in [0, 0.1) is 12.8 Å². The highest BCUT2D eigenvalue weighted by Gasteiger charge is 2.23. The third-order valence-electron chi connectivity index (χ3n) is 5.45. The number of nitrogens with one attached hydrogen (secondary N) is 1.